The van der Waals surface area contributed by atoms with Gasteiger partial charge in [-0.1, -0.05) is 60.7 Å². The first kappa shape index (κ1) is 22.0. The number of piperidine rings is 1. The van der Waals surface area contributed by atoms with Gasteiger partial charge in [-0.05, 0) is 61.7 Å². The fourth-order valence-electron chi connectivity index (χ4n) is 4.19. The lowest BCUT2D eigenvalue weighted by atomic mass is 9.91. The third-order valence-electron chi connectivity index (χ3n) is 6.02. The van der Waals surface area contributed by atoms with Crippen molar-refractivity contribution in [2.45, 2.75) is 25.8 Å². The molecular weight excluding hydrogens is 398 g/mol. The van der Waals surface area contributed by atoms with E-state index in [0.717, 1.165) is 32.5 Å². The number of benzene rings is 3. The second-order valence-corrected chi connectivity index (χ2v) is 8.46. The van der Waals surface area contributed by atoms with Crippen LogP contribution in [0, 0.1) is 5.92 Å². The molecule has 0 unspecified atom stereocenters. The van der Waals surface area contributed by atoms with Crippen LogP contribution in [0.4, 0.5) is 0 Å². The maximum absolute atomic E-state index is 12.5. The molecule has 164 valence electrons. The van der Waals surface area contributed by atoms with Crippen LogP contribution in [0.25, 0.3) is 0 Å². The number of Topliss-reactive ketones (excluding diaryl/α,β-unsaturated/α-hetero) is 1. The summed E-state index contributed by atoms with van der Waals surface area (Å²) < 4.78 is 5.68. The summed E-state index contributed by atoms with van der Waals surface area (Å²) in [5, 5.41) is 0. The van der Waals surface area contributed by atoms with Crippen LogP contribution in [0.3, 0.4) is 0 Å². The molecule has 0 spiro atoms. The second-order valence-electron chi connectivity index (χ2n) is 8.46. The van der Waals surface area contributed by atoms with Gasteiger partial charge in [-0.3, -0.25) is 14.5 Å². The Morgan fingerprint density at radius 1 is 0.781 bits per heavy atom. The van der Waals surface area contributed by atoms with E-state index in [1.54, 1.807) is 36.4 Å². The van der Waals surface area contributed by atoms with Gasteiger partial charge in [-0.2, -0.15) is 0 Å². The van der Waals surface area contributed by atoms with Gasteiger partial charge in [-0.15, -0.1) is 0 Å². The molecule has 32 heavy (non-hydrogen) atoms. The van der Waals surface area contributed by atoms with E-state index < -0.39 is 0 Å². The number of carbonyl (C=O) groups excluding carboxylic acids is 2. The second kappa shape index (κ2) is 10.9. The van der Waals surface area contributed by atoms with Crippen molar-refractivity contribution < 1.29 is 14.3 Å². The molecule has 0 radical (unpaired) electrons. The molecule has 1 aliphatic heterocycles. The quantitative estimate of drug-likeness (QED) is 0.442. The van der Waals surface area contributed by atoms with Gasteiger partial charge >= 0.3 is 0 Å². The Morgan fingerprint density at radius 3 is 2.03 bits per heavy atom. The molecule has 1 fully saturated rings. The Labute approximate surface area is 189 Å². The highest BCUT2D eigenvalue weighted by molar-refractivity contribution is 6.08. The molecule has 0 atom stereocenters. The van der Waals surface area contributed by atoms with Crippen LogP contribution in [0.2, 0.25) is 0 Å². The Bertz CT molecular complexity index is 1010. The molecule has 4 heteroatoms. The van der Waals surface area contributed by atoms with Crippen LogP contribution in [0.5, 0.6) is 5.75 Å². The molecular formula is C28H29NO3. The third-order valence-corrected chi connectivity index (χ3v) is 6.02. The van der Waals surface area contributed by atoms with E-state index in [2.05, 4.69) is 29.2 Å². The minimum Gasteiger partial charge on any atom is -0.486 e. The summed E-state index contributed by atoms with van der Waals surface area (Å²) >= 11 is 0. The van der Waals surface area contributed by atoms with Crippen LogP contribution in [0.15, 0.2) is 84.9 Å². The number of nitrogens with zero attached hydrogens (tertiary/aromatic N) is 1. The zero-order chi connectivity index (χ0) is 22.2. The topological polar surface area (TPSA) is 46.6 Å². The first-order valence-corrected chi connectivity index (χ1v) is 11.3. The molecule has 1 heterocycles. The summed E-state index contributed by atoms with van der Waals surface area (Å²) in [7, 11) is 0. The highest BCUT2D eigenvalue weighted by atomic mass is 16.5. The lowest BCUT2D eigenvalue weighted by molar-refractivity contribution is -0.122. The van der Waals surface area contributed by atoms with E-state index >= 15 is 0 Å². The molecule has 0 aliphatic carbocycles. The van der Waals surface area contributed by atoms with E-state index in [0.29, 0.717) is 29.2 Å². The average Bonchev–Trinajstić information content (AvgIpc) is 2.85. The van der Waals surface area contributed by atoms with Crippen molar-refractivity contribution >= 4 is 11.6 Å². The highest BCUT2D eigenvalue weighted by Gasteiger charge is 2.21. The number of ether oxygens (including phenoxy) is 1. The molecule has 3 aromatic rings. The van der Waals surface area contributed by atoms with E-state index in [1.807, 2.05) is 24.3 Å². The van der Waals surface area contributed by atoms with Gasteiger partial charge in [0.25, 0.3) is 0 Å². The number of hydrogen-bond donors (Lipinski definition) is 0. The summed E-state index contributed by atoms with van der Waals surface area (Å²) in [6.45, 7) is 3.12. The predicted octanol–water partition coefficient (Wildman–Crippen LogP) is 5.17. The molecule has 4 nitrogen and oxygen atoms in total. The molecule has 1 aliphatic rings. The van der Waals surface area contributed by atoms with Gasteiger partial charge in [0, 0.05) is 24.1 Å². The highest BCUT2D eigenvalue weighted by Crippen LogP contribution is 2.22. The first-order valence-electron chi connectivity index (χ1n) is 11.3. The number of carbonyl (C=O) groups is 2. The number of hydrogen-bond acceptors (Lipinski definition) is 4. The number of likely N-dealkylation sites (tertiary alicyclic amines) is 1. The summed E-state index contributed by atoms with van der Waals surface area (Å²) in [5.74, 6) is 1.16. The van der Waals surface area contributed by atoms with Gasteiger partial charge in [-0.25, -0.2) is 0 Å². The maximum Gasteiger partial charge on any atom is 0.193 e. The van der Waals surface area contributed by atoms with E-state index in [1.165, 1.54) is 5.56 Å². The number of ketones is 2. The van der Waals surface area contributed by atoms with Crippen molar-refractivity contribution in [3.63, 3.8) is 0 Å². The predicted molar refractivity (Wildman–Crippen MR) is 126 cm³/mol. The van der Waals surface area contributed by atoms with Crippen LogP contribution in [-0.4, -0.2) is 36.2 Å². The van der Waals surface area contributed by atoms with Crippen molar-refractivity contribution in [1.82, 2.24) is 4.90 Å². The zero-order valence-electron chi connectivity index (χ0n) is 18.3. The molecule has 0 bridgehead atoms. The molecule has 0 N–H and O–H groups in total. The van der Waals surface area contributed by atoms with Crippen molar-refractivity contribution in [3.8, 4) is 5.75 Å². The van der Waals surface area contributed by atoms with Crippen molar-refractivity contribution in [3.05, 3.63) is 102 Å². The van der Waals surface area contributed by atoms with Crippen LogP contribution in [-0.2, 0) is 11.3 Å². The van der Waals surface area contributed by atoms with Crippen LogP contribution in [0.1, 0.15) is 40.7 Å². The average molecular weight is 428 g/mol. The minimum atomic E-state index is -0.0215. The summed E-state index contributed by atoms with van der Waals surface area (Å²) in [6, 6.07) is 26.7. The lowest BCUT2D eigenvalue weighted by Gasteiger charge is -2.31. The van der Waals surface area contributed by atoms with Gasteiger partial charge in [0.05, 0.1) is 0 Å². The normalized spacial score (nSPS) is 14.8. The molecule has 0 saturated carbocycles. The smallest absolute Gasteiger partial charge is 0.193 e. The Balaban J connectivity index is 1.19. The zero-order valence-corrected chi connectivity index (χ0v) is 18.3. The fraction of sp³-hybridized carbons (Fsp3) is 0.286. The Morgan fingerprint density at radius 2 is 1.38 bits per heavy atom. The molecule has 3 aromatic carbocycles. The monoisotopic (exact) mass is 427 g/mol. The van der Waals surface area contributed by atoms with Crippen LogP contribution < -0.4 is 4.74 Å². The molecule has 0 amide bonds. The maximum atomic E-state index is 12.5. The van der Waals surface area contributed by atoms with Crippen molar-refractivity contribution in [1.29, 1.82) is 0 Å². The van der Waals surface area contributed by atoms with Gasteiger partial charge < -0.3 is 4.74 Å². The fourth-order valence-corrected chi connectivity index (χ4v) is 4.19. The molecule has 1 saturated heterocycles. The SMILES string of the molecule is O=C(COc1ccc(C(=O)c2ccccc2)cc1)CC1CCN(Cc2ccccc2)CC1. The van der Waals surface area contributed by atoms with Crippen molar-refractivity contribution in [2.75, 3.05) is 19.7 Å². The largest absolute Gasteiger partial charge is 0.486 e. The lowest BCUT2D eigenvalue weighted by Crippen LogP contribution is -2.34. The summed E-state index contributed by atoms with van der Waals surface area (Å²) in [4.78, 5) is 27.4. The van der Waals surface area contributed by atoms with Gasteiger partial charge in [0.1, 0.15) is 12.4 Å². The minimum absolute atomic E-state index is 0.0215. The van der Waals surface area contributed by atoms with Gasteiger partial charge in [0.2, 0.25) is 0 Å². The van der Waals surface area contributed by atoms with Crippen LogP contribution >= 0.6 is 0 Å². The number of rotatable bonds is 9. The van der Waals surface area contributed by atoms with E-state index in [9.17, 15) is 9.59 Å². The summed E-state index contributed by atoms with van der Waals surface area (Å²) in [6.07, 6.45) is 2.67. The first-order chi connectivity index (χ1) is 15.7. The Hall–Kier alpha value is -3.24. The van der Waals surface area contributed by atoms with Crippen molar-refractivity contribution in [2.24, 2.45) is 5.92 Å². The Kier molecular flexibility index (Phi) is 7.47. The third kappa shape index (κ3) is 6.14. The summed E-state index contributed by atoms with van der Waals surface area (Å²) in [5.41, 5.74) is 2.61. The molecule has 4 rings (SSSR count). The van der Waals surface area contributed by atoms with E-state index in [-0.39, 0.29) is 18.2 Å². The van der Waals surface area contributed by atoms with Gasteiger partial charge in [0.15, 0.2) is 11.6 Å². The van der Waals surface area contributed by atoms with E-state index in [4.69, 9.17) is 4.74 Å². The standard InChI is InChI=1S/C28H29NO3/c30-26(19-22-15-17-29(18-16-22)20-23-7-3-1-4-8-23)21-32-27-13-11-25(12-14-27)28(31)24-9-5-2-6-10-24/h1-14,22H,15-21H2. The molecule has 0 aromatic heterocycles.